The van der Waals surface area contributed by atoms with Crippen LogP contribution >= 0.6 is 11.6 Å². The van der Waals surface area contributed by atoms with Crippen LogP contribution in [-0.2, 0) is 0 Å². The maximum atomic E-state index is 12.0. The maximum Gasteiger partial charge on any atom is 0.253 e. The molecule has 1 aromatic heterocycles. The molecule has 0 fully saturated rings. The third-order valence-corrected chi connectivity index (χ3v) is 3.00. The monoisotopic (exact) mass is 255 g/mol. The Bertz CT molecular complexity index is 426. The van der Waals surface area contributed by atoms with Gasteiger partial charge < -0.3 is 11.1 Å². The number of amides is 1. The van der Waals surface area contributed by atoms with Crippen molar-refractivity contribution in [2.45, 2.75) is 33.7 Å². The second-order valence-electron chi connectivity index (χ2n) is 5.16. The lowest BCUT2D eigenvalue weighted by Crippen LogP contribution is -2.41. The molecule has 5 heteroatoms. The molecule has 1 unspecified atom stereocenters. The average Bonchev–Trinajstić information content (AvgIpc) is 2.20. The van der Waals surface area contributed by atoms with Gasteiger partial charge in [0.25, 0.3) is 5.91 Å². The molecule has 0 radical (unpaired) electrons. The molecule has 94 valence electrons. The SMILES string of the molecule is CC(NC(=O)c1cc(Cl)ncc1N)C(C)(C)C. The summed E-state index contributed by atoms with van der Waals surface area (Å²) in [5, 5.41) is 3.16. The summed E-state index contributed by atoms with van der Waals surface area (Å²) < 4.78 is 0. The molecule has 17 heavy (non-hydrogen) atoms. The van der Waals surface area contributed by atoms with Crippen molar-refractivity contribution < 1.29 is 4.79 Å². The van der Waals surface area contributed by atoms with Crippen LogP contribution in [0.5, 0.6) is 0 Å². The highest BCUT2D eigenvalue weighted by atomic mass is 35.5. The van der Waals surface area contributed by atoms with Crippen molar-refractivity contribution in [1.29, 1.82) is 0 Å². The first-order valence-corrected chi connectivity index (χ1v) is 5.81. The molecule has 1 amide bonds. The van der Waals surface area contributed by atoms with Crippen molar-refractivity contribution in [3.05, 3.63) is 23.0 Å². The number of aromatic nitrogens is 1. The number of carbonyl (C=O) groups is 1. The van der Waals surface area contributed by atoms with Gasteiger partial charge in [-0.25, -0.2) is 4.98 Å². The fourth-order valence-corrected chi connectivity index (χ4v) is 1.29. The van der Waals surface area contributed by atoms with Crippen molar-refractivity contribution in [3.63, 3.8) is 0 Å². The van der Waals surface area contributed by atoms with Gasteiger partial charge in [-0.3, -0.25) is 4.79 Å². The second kappa shape index (κ2) is 4.92. The number of carbonyl (C=O) groups excluding carboxylic acids is 1. The number of nitrogens with one attached hydrogen (secondary N) is 1. The van der Waals surface area contributed by atoms with Crippen LogP contribution < -0.4 is 11.1 Å². The summed E-state index contributed by atoms with van der Waals surface area (Å²) in [7, 11) is 0. The third-order valence-electron chi connectivity index (χ3n) is 2.79. The third kappa shape index (κ3) is 3.60. The zero-order valence-electron chi connectivity index (χ0n) is 10.5. The lowest BCUT2D eigenvalue weighted by molar-refractivity contribution is 0.0911. The molecule has 0 aliphatic carbocycles. The van der Waals surface area contributed by atoms with Gasteiger partial charge in [0, 0.05) is 6.04 Å². The van der Waals surface area contributed by atoms with E-state index in [1.807, 2.05) is 6.92 Å². The topological polar surface area (TPSA) is 68.0 Å². The summed E-state index contributed by atoms with van der Waals surface area (Å²) in [4.78, 5) is 15.8. The van der Waals surface area contributed by atoms with Gasteiger partial charge in [0.2, 0.25) is 0 Å². The van der Waals surface area contributed by atoms with Gasteiger partial charge in [-0.1, -0.05) is 32.4 Å². The Morgan fingerprint density at radius 3 is 2.65 bits per heavy atom. The number of hydrogen-bond donors (Lipinski definition) is 2. The number of nitrogens with zero attached hydrogens (tertiary/aromatic N) is 1. The molecule has 0 aliphatic heterocycles. The van der Waals surface area contributed by atoms with Crippen LogP contribution in [0.3, 0.4) is 0 Å². The number of rotatable bonds is 2. The first-order chi connectivity index (χ1) is 7.71. The van der Waals surface area contributed by atoms with E-state index in [4.69, 9.17) is 17.3 Å². The quantitative estimate of drug-likeness (QED) is 0.798. The molecule has 0 bridgehead atoms. The molecule has 3 N–H and O–H groups in total. The highest BCUT2D eigenvalue weighted by molar-refractivity contribution is 6.29. The summed E-state index contributed by atoms with van der Waals surface area (Å²) >= 11 is 5.74. The summed E-state index contributed by atoms with van der Waals surface area (Å²) in [6.45, 7) is 8.12. The number of nitrogens with two attached hydrogens (primary N) is 1. The van der Waals surface area contributed by atoms with E-state index in [9.17, 15) is 4.79 Å². The molecule has 0 aromatic carbocycles. The van der Waals surface area contributed by atoms with Crippen LogP contribution in [0.15, 0.2) is 12.3 Å². The van der Waals surface area contributed by atoms with Crippen molar-refractivity contribution in [2.24, 2.45) is 5.41 Å². The van der Waals surface area contributed by atoms with E-state index in [1.54, 1.807) is 0 Å². The lowest BCUT2D eigenvalue weighted by atomic mass is 9.88. The number of anilines is 1. The molecule has 0 aliphatic rings. The minimum absolute atomic E-state index is 0.0127. The van der Waals surface area contributed by atoms with Gasteiger partial charge in [-0.15, -0.1) is 0 Å². The van der Waals surface area contributed by atoms with Crippen molar-refractivity contribution in [1.82, 2.24) is 10.3 Å². The largest absolute Gasteiger partial charge is 0.397 e. The molecule has 4 nitrogen and oxygen atoms in total. The Hall–Kier alpha value is -1.29. The molecule has 0 saturated carbocycles. The Balaban J connectivity index is 2.87. The highest BCUT2D eigenvalue weighted by Crippen LogP contribution is 2.20. The zero-order valence-corrected chi connectivity index (χ0v) is 11.3. The zero-order chi connectivity index (χ0) is 13.2. The van der Waals surface area contributed by atoms with E-state index in [2.05, 4.69) is 31.1 Å². The van der Waals surface area contributed by atoms with Crippen LogP contribution in [-0.4, -0.2) is 16.9 Å². The average molecular weight is 256 g/mol. The van der Waals surface area contributed by atoms with Crippen molar-refractivity contribution >= 4 is 23.2 Å². The lowest BCUT2D eigenvalue weighted by Gasteiger charge is -2.28. The van der Waals surface area contributed by atoms with Gasteiger partial charge in [-0.05, 0) is 18.4 Å². The minimum Gasteiger partial charge on any atom is -0.397 e. The highest BCUT2D eigenvalue weighted by Gasteiger charge is 2.23. The van der Waals surface area contributed by atoms with Crippen molar-refractivity contribution in [2.75, 3.05) is 5.73 Å². The van der Waals surface area contributed by atoms with E-state index < -0.39 is 0 Å². The van der Waals surface area contributed by atoms with Crippen molar-refractivity contribution in [3.8, 4) is 0 Å². The van der Waals surface area contributed by atoms with Crippen LogP contribution in [0.25, 0.3) is 0 Å². The van der Waals surface area contributed by atoms with Gasteiger partial charge in [0.15, 0.2) is 0 Å². The van der Waals surface area contributed by atoms with Gasteiger partial charge in [0.05, 0.1) is 17.4 Å². The van der Waals surface area contributed by atoms with E-state index in [1.165, 1.54) is 12.3 Å². The Labute approximate surface area is 107 Å². The first-order valence-electron chi connectivity index (χ1n) is 5.43. The van der Waals surface area contributed by atoms with Gasteiger partial charge >= 0.3 is 0 Å². The number of nitrogen functional groups attached to an aromatic ring is 1. The molecule has 1 atom stereocenters. The predicted molar refractivity (Wildman–Crippen MR) is 70.0 cm³/mol. The fraction of sp³-hybridized carbons (Fsp3) is 0.500. The number of pyridine rings is 1. The molecule has 1 aromatic rings. The van der Waals surface area contributed by atoms with Crippen LogP contribution in [0.1, 0.15) is 38.1 Å². The number of hydrogen-bond acceptors (Lipinski definition) is 3. The molecule has 1 heterocycles. The summed E-state index contributed by atoms with van der Waals surface area (Å²) in [5.41, 5.74) is 6.37. The van der Waals surface area contributed by atoms with Gasteiger partial charge in [-0.2, -0.15) is 0 Å². The normalized spacial score (nSPS) is 13.2. The first kappa shape index (κ1) is 13.8. The standard InChI is InChI=1S/C12H18ClN3O/c1-7(12(2,3)4)16-11(17)8-5-10(13)15-6-9(8)14/h5-7H,14H2,1-4H3,(H,16,17). The number of halogens is 1. The summed E-state index contributed by atoms with van der Waals surface area (Å²) in [5.74, 6) is -0.228. The minimum atomic E-state index is -0.228. The summed E-state index contributed by atoms with van der Waals surface area (Å²) in [6.07, 6.45) is 1.39. The Kier molecular flexibility index (Phi) is 3.98. The molecule has 0 spiro atoms. The van der Waals surface area contributed by atoms with Crippen LogP contribution in [0, 0.1) is 5.41 Å². The molecule has 1 rings (SSSR count). The smallest absolute Gasteiger partial charge is 0.253 e. The van der Waals surface area contributed by atoms with E-state index in [-0.39, 0.29) is 22.5 Å². The van der Waals surface area contributed by atoms with Gasteiger partial charge in [0.1, 0.15) is 5.15 Å². The fourth-order valence-electron chi connectivity index (χ4n) is 1.13. The Morgan fingerprint density at radius 1 is 1.53 bits per heavy atom. The molecular weight excluding hydrogens is 238 g/mol. The van der Waals surface area contributed by atoms with Crippen LogP contribution in [0.4, 0.5) is 5.69 Å². The van der Waals surface area contributed by atoms with E-state index in [0.717, 1.165) is 0 Å². The van der Waals surface area contributed by atoms with Crippen LogP contribution in [0.2, 0.25) is 5.15 Å². The maximum absolute atomic E-state index is 12.0. The van der Waals surface area contributed by atoms with E-state index in [0.29, 0.717) is 11.3 Å². The predicted octanol–water partition coefficient (Wildman–Crippen LogP) is 2.48. The summed E-state index contributed by atoms with van der Waals surface area (Å²) in [6, 6.07) is 1.50. The Morgan fingerprint density at radius 2 is 2.12 bits per heavy atom. The molecule has 0 saturated heterocycles. The second-order valence-corrected chi connectivity index (χ2v) is 5.54. The van der Waals surface area contributed by atoms with E-state index >= 15 is 0 Å². The molecular formula is C12H18ClN3O.